The van der Waals surface area contributed by atoms with Crippen LogP contribution in [0.1, 0.15) is 68.4 Å². The molecule has 1 saturated carbocycles. The summed E-state index contributed by atoms with van der Waals surface area (Å²) in [5.41, 5.74) is 3.07. The van der Waals surface area contributed by atoms with E-state index in [9.17, 15) is 13.2 Å². The lowest BCUT2D eigenvalue weighted by atomic mass is 9.68. The van der Waals surface area contributed by atoms with E-state index >= 15 is 0 Å². The Balaban J connectivity index is 0.000000451. The van der Waals surface area contributed by atoms with Crippen molar-refractivity contribution < 1.29 is 32.5 Å². The molecule has 0 bridgehead atoms. The summed E-state index contributed by atoms with van der Waals surface area (Å²) >= 11 is 0. The van der Waals surface area contributed by atoms with Crippen molar-refractivity contribution in [3.63, 3.8) is 0 Å². The van der Waals surface area contributed by atoms with Gasteiger partial charge in [-0.25, -0.2) is 4.79 Å². The highest BCUT2D eigenvalue weighted by atomic mass is 19.4. The Labute approximate surface area is 246 Å². The summed E-state index contributed by atoms with van der Waals surface area (Å²) in [6, 6.07) is 18.5. The molecular weight excluding hydrogens is 545 g/mol. The fourth-order valence-electron chi connectivity index (χ4n) is 7.94. The molecule has 0 radical (unpaired) electrons. The molecule has 0 unspecified atom stereocenters. The van der Waals surface area contributed by atoms with Crippen LogP contribution in [0.25, 0.3) is 0 Å². The van der Waals surface area contributed by atoms with Crippen molar-refractivity contribution in [3.05, 3.63) is 59.7 Å². The van der Waals surface area contributed by atoms with Crippen LogP contribution >= 0.6 is 0 Å². The lowest BCUT2D eigenvalue weighted by Gasteiger charge is -2.48. The second-order valence-corrected chi connectivity index (χ2v) is 12.3. The predicted octanol–water partition coefficient (Wildman–Crippen LogP) is 6.40. The first-order chi connectivity index (χ1) is 20.2. The fourth-order valence-corrected chi connectivity index (χ4v) is 7.94. The lowest BCUT2D eigenvalue weighted by molar-refractivity contribution is -0.192. The molecule has 4 aliphatic rings. The number of nitrogens with zero attached hydrogens (tertiary/aromatic N) is 1. The number of nitrogens with one attached hydrogen (secondary N) is 1. The number of hydrogen-bond donors (Lipinski definition) is 2. The van der Waals surface area contributed by atoms with Crippen LogP contribution in [0.2, 0.25) is 0 Å². The zero-order valence-electron chi connectivity index (χ0n) is 24.4. The number of carbonyl (C=O) groups is 1. The molecule has 1 aliphatic carbocycles. The SMILES string of the molecule is COc1cccc2c1OCC[C@]21CNC[C@H]1CN1CC[C@@H](c2ccccc2)C[C@H]1C1CCCCC1.O=C(O)C(F)(F)F. The van der Waals surface area contributed by atoms with Crippen molar-refractivity contribution in [2.75, 3.05) is 39.9 Å². The van der Waals surface area contributed by atoms with E-state index < -0.39 is 12.1 Å². The van der Waals surface area contributed by atoms with Gasteiger partial charge >= 0.3 is 12.1 Å². The number of ether oxygens (including phenoxy) is 2. The Hall–Kier alpha value is -2.78. The number of methoxy groups -OCH3 is 1. The van der Waals surface area contributed by atoms with Crippen LogP contribution in [-0.2, 0) is 10.2 Å². The number of para-hydroxylation sites is 1. The van der Waals surface area contributed by atoms with Crippen molar-refractivity contribution in [2.45, 2.75) is 74.9 Å². The molecule has 4 atom stereocenters. The first kappa shape index (κ1) is 30.7. The summed E-state index contributed by atoms with van der Waals surface area (Å²) in [5.74, 6) is 1.30. The van der Waals surface area contributed by atoms with Gasteiger partial charge in [0.15, 0.2) is 11.5 Å². The summed E-state index contributed by atoms with van der Waals surface area (Å²) in [7, 11) is 1.76. The number of piperidine rings is 1. The van der Waals surface area contributed by atoms with Crippen molar-refractivity contribution in [3.8, 4) is 11.5 Å². The van der Waals surface area contributed by atoms with E-state index in [1.54, 1.807) is 12.7 Å². The van der Waals surface area contributed by atoms with E-state index in [4.69, 9.17) is 19.4 Å². The van der Waals surface area contributed by atoms with Crippen LogP contribution < -0.4 is 14.8 Å². The second-order valence-electron chi connectivity index (χ2n) is 12.3. The summed E-state index contributed by atoms with van der Waals surface area (Å²) < 4.78 is 43.6. The third-order valence-corrected chi connectivity index (χ3v) is 10.1. The van der Waals surface area contributed by atoms with Crippen LogP contribution in [0.15, 0.2) is 48.5 Å². The maximum absolute atomic E-state index is 10.6. The minimum atomic E-state index is -5.08. The van der Waals surface area contributed by atoms with Crippen LogP contribution in [0, 0.1) is 11.8 Å². The number of benzene rings is 2. The molecule has 230 valence electrons. The second kappa shape index (κ2) is 13.2. The Kier molecular flexibility index (Phi) is 9.67. The van der Waals surface area contributed by atoms with E-state index in [0.29, 0.717) is 11.8 Å². The quantitative estimate of drug-likeness (QED) is 0.422. The Morgan fingerprint density at radius 3 is 2.52 bits per heavy atom. The number of carboxylic acids is 1. The number of aliphatic carboxylic acids is 1. The fraction of sp³-hybridized carbons (Fsp3) is 0.606. The molecule has 3 heterocycles. The van der Waals surface area contributed by atoms with Gasteiger partial charge in [-0.15, -0.1) is 0 Å². The Bertz CT molecular complexity index is 1190. The minimum Gasteiger partial charge on any atom is -0.493 e. The topological polar surface area (TPSA) is 71.0 Å². The van der Waals surface area contributed by atoms with E-state index in [0.717, 1.165) is 49.6 Å². The van der Waals surface area contributed by atoms with Crippen molar-refractivity contribution in [1.29, 1.82) is 0 Å². The zero-order chi connectivity index (χ0) is 29.7. The van der Waals surface area contributed by atoms with Gasteiger partial charge in [-0.2, -0.15) is 13.2 Å². The van der Waals surface area contributed by atoms with Gasteiger partial charge in [-0.1, -0.05) is 61.7 Å². The van der Waals surface area contributed by atoms with Crippen molar-refractivity contribution in [2.24, 2.45) is 11.8 Å². The van der Waals surface area contributed by atoms with Crippen molar-refractivity contribution >= 4 is 5.97 Å². The van der Waals surface area contributed by atoms with Gasteiger partial charge < -0.3 is 19.9 Å². The first-order valence-electron chi connectivity index (χ1n) is 15.3. The maximum Gasteiger partial charge on any atom is 0.490 e. The summed E-state index contributed by atoms with van der Waals surface area (Å²) in [5, 5.41) is 10.9. The van der Waals surface area contributed by atoms with Crippen LogP contribution in [0.5, 0.6) is 11.5 Å². The van der Waals surface area contributed by atoms with Gasteiger partial charge in [-0.05, 0) is 68.0 Å². The average molecular weight is 589 g/mol. The zero-order valence-corrected chi connectivity index (χ0v) is 24.4. The van der Waals surface area contributed by atoms with Gasteiger partial charge in [-0.3, -0.25) is 4.90 Å². The molecule has 2 aromatic carbocycles. The molecule has 9 heteroatoms. The molecule has 2 aromatic rings. The highest BCUT2D eigenvalue weighted by molar-refractivity contribution is 5.73. The van der Waals surface area contributed by atoms with Gasteiger partial charge in [0.05, 0.1) is 13.7 Å². The third-order valence-electron chi connectivity index (χ3n) is 10.1. The number of rotatable bonds is 5. The molecule has 0 amide bonds. The third kappa shape index (κ3) is 6.57. The number of hydrogen-bond acceptors (Lipinski definition) is 5. The molecule has 42 heavy (non-hydrogen) atoms. The molecule has 3 aliphatic heterocycles. The van der Waals surface area contributed by atoms with E-state index in [2.05, 4.69) is 52.7 Å². The number of fused-ring (bicyclic) bond motifs is 2. The van der Waals surface area contributed by atoms with Crippen molar-refractivity contribution in [1.82, 2.24) is 10.2 Å². The summed E-state index contributed by atoms with van der Waals surface area (Å²) in [4.78, 5) is 11.8. The minimum absolute atomic E-state index is 0.148. The predicted molar refractivity (Wildman–Crippen MR) is 155 cm³/mol. The normalized spacial score (nSPS) is 28.3. The highest BCUT2D eigenvalue weighted by Crippen LogP contribution is 2.50. The highest BCUT2D eigenvalue weighted by Gasteiger charge is 2.49. The van der Waals surface area contributed by atoms with E-state index in [-0.39, 0.29) is 5.41 Å². The van der Waals surface area contributed by atoms with Gasteiger partial charge in [0.1, 0.15) is 0 Å². The van der Waals surface area contributed by atoms with Gasteiger partial charge in [0, 0.05) is 36.7 Å². The maximum atomic E-state index is 10.6. The molecule has 6 nitrogen and oxygen atoms in total. The largest absolute Gasteiger partial charge is 0.493 e. The van der Waals surface area contributed by atoms with E-state index in [1.165, 1.54) is 63.6 Å². The average Bonchev–Trinajstić information content (AvgIpc) is 3.40. The van der Waals surface area contributed by atoms with Gasteiger partial charge in [0.25, 0.3) is 0 Å². The Morgan fingerprint density at radius 2 is 1.83 bits per heavy atom. The summed E-state index contributed by atoms with van der Waals surface area (Å²) in [6.07, 6.45) is 5.74. The number of carboxylic acid groups (broad SMARTS) is 1. The number of halogens is 3. The van der Waals surface area contributed by atoms with E-state index in [1.807, 2.05) is 6.07 Å². The molecule has 3 fully saturated rings. The number of likely N-dealkylation sites (tertiary alicyclic amines) is 1. The first-order valence-corrected chi connectivity index (χ1v) is 15.3. The van der Waals surface area contributed by atoms with Crippen LogP contribution in [-0.4, -0.2) is 68.1 Å². The molecule has 0 aromatic heterocycles. The molecule has 6 rings (SSSR count). The molecule has 2 saturated heterocycles. The number of alkyl halides is 3. The molecule has 2 N–H and O–H groups in total. The van der Waals surface area contributed by atoms with Crippen LogP contribution in [0.3, 0.4) is 0 Å². The molecular formula is C33H43F3N2O4. The van der Waals surface area contributed by atoms with Crippen LogP contribution in [0.4, 0.5) is 13.2 Å². The smallest absolute Gasteiger partial charge is 0.490 e. The Morgan fingerprint density at radius 1 is 1.10 bits per heavy atom. The summed E-state index contributed by atoms with van der Waals surface area (Å²) in [6.45, 7) is 5.37. The monoisotopic (exact) mass is 588 g/mol. The van der Waals surface area contributed by atoms with Gasteiger partial charge in [0.2, 0.25) is 0 Å². The standard InChI is InChI=1S/C31H42N2O2.C2HF3O2/c1-34-29-14-8-13-27-30(29)35-18-16-31(27)22-32-20-26(31)21-33-17-15-25(23-9-4-2-5-10-23)19-28(33)24-11-6-3-7-12-24;3-2(4,5)1(6)7/h2,4-5,8-10,13-14,24-26,28,32H,3,6-7,11-12,15-22H2,1H3;(H,6,7)/t25-,26+,28+,31-;/m1./s1. The lowest BCUT2D eigenvalue weighted by Crippen LogP contribution is -2.52. The molecule has 1 spiro atoms.